The lowest BCUT2D eigenvalue weighted by Gasteiger charge is -2.12. The highest BCUT2D eigenvalue weighted by molar-refractivity contribution is 7.99. The summed E-state index contributed by atoms with van der Waals surface area (Å²) in [6, 6.07) is 6.31. The van der Waals surface area contributed by atoms with Gasteiger partial charge in [-0.25, -0.2) is 0 Å². The number of halogens is 5. The molecule has 1 saturated carbocycles. The highest BCUT2D eigenvalue weighted by Gasteiger charge is 2.56. The Hall–Kier alpha value is -0.590. The quantitative estimate of drug-likeness (QED) is 0.645. The van der Waals surface area contributed by atoms with E-state index < -0.39 is 22.2 Å². The van der Waals surface area contributed by atoms with Crippen molar-refractivity contribution in [3.05, 3.63) is 24.3 Å². The van der Waals surface area contributed by atoms with Crippen LogP contribution in [0, 0.1) is 5.92 Å². The van der Waals surface area contributed by atoms with E-state index in [1.165, 1.54) is 6.07 Å². The zero-order valence-corrected chi connectivity index (χ0v) is 12.3. The largest absolute Gasteiger partial charge is 0.398 e. The van der Waals surface area contributed by atoms with Crippen molar-refractivity contribution in [1.82, 2.24) is 0 Å². The summed E-state index contributed by atoms with van der Waals surface area (Å²) >= 11 is 12.2. The first-order valence-corrected chi connectivity index (χ1v) is 7.40. The first-order valence-electron chi connectivity index (χ1n) is 5.66. The number of benzene rings is 1. The standard InChI is InChI=1S/C12H10Cl2F3NOS/c13-11(14)5-7(11)10(19)18-8-3-1-2-4-9(8)20-6-12(15,16)17/h1-4,7H,5-6H2,(H,18,19). The van der Waals surface area contributed by atoms with Crippen LogP contribution in [0.15, 0.2) is 29.2 Å². The molecule has 1 fully saturated rings. The maximum absolute atomic E-state index is 12.2. The third kappa shape index (κ3) is 4.20. The lowest BCUT2D eigenvalue weighted by atomic mass is 10.3. The predicted octanol–water partition coefficient (Wildman–Crippen LogP) is 4.47. The number of amides is 1. The third-order valence-electron chi connectivity index (χ3n) is 2.68. The number of hydrogen-bond donors (Lipinski definition) is 1. The van der Waals surface area contributed by atoms with E-state index in [2.05, 4.69) is 5.32 Å². The molecule has 0 heterocycles. The maximum Gasteiger partial charge on any atom is 0.398 e. The highest BCUT2D eigenvalue weighted by atomic mass is 35.5. The van der Waals surface area contributed by atoms with E-state index in [-0.39, 0.29) is 5.91 Å². The SMILES string of the molecule is O=C(Nc1ccccc1SCC(F)(F)F)C1CC1(Cl)Cl. The molecule has 0 saturated heterocycles. The summed E-state index contributed by atoms with van der Waals surface area (Å²) in [7, 11) is 0. The summed E-state index contributed by atoms with van der Waals surface area (Å²) in [6.07, 6.45) is -3.92. The summed E-state index contributed by atoms with van der Waals surface area (Å²) in [5.41, 5.74) is 0.336. The summed E-state index contributed by atoms with van der Waals surface area (Å²) in [5.74, 6) is -1.92. The fourth-order valence-electron chi connectivity index (χ4n) is 1.57. The van der Waals surface area contributed by atoms with E-state index in [0.717, 1.165) is 0 Å². The number of carbonyl (C=O) groups excluding carboxylic acids is 1. The van der Waals surface area contributed by atoms with Crippen molar-refractivity contribution >= 4 is 46.6 Å². The second-order valence-corrected chi connectivity index (χ2v) is 6.97. The molecule has 2 rings (SSSR count). The molecule has 0 aromatic heterocycles. The molecule has 1 amide bonds. The summed E-state index contributed by atoms with van der Waals surface area (Å²) in [5, 5.41) is 2.57. The molecule has 0 spiro atoms. The van der Waals surface area contributed by atoms with Crippen molar-refractivity contribution in [2.24, 2.45) is 5.92 Å². The molecular weight excluding hydrogens is 334 g/mol. The van der Waals surface area contributed by atoms with Gasteiger partial charge < -0.3 is 5.32 Å². The number of anilines is 1. The molecule has 0 aliphatic heterocycles. The van der Waals surface area contributed by atoms with Gasteiger partial charge >= 0.3 is 6.18 Å². The van der Waals surface area contributed by atoms with Crippen LogP contribution in [0.5, 0.6) is 0 Å². The molecule has 1 atom stereocenters. The second kappa shape index (κ2) is 5.66. The Morgan fingerprint density at radius 3 is 2.55 bits per heavy atom. The van der Waals surface area contributed by atoms with Crippen LogP contribution < -0.4 is 5.32 Å². The Bertz CT molecular complexity index is 522. The van der Waals surface area contributed by atoms with Crippen LogP contribution in [-0.2, 0) is 4.79 Å². The van der Waals surface area contributed by atoms with Crippen LogP contribution in [0.3, 0.4) is 0 Å². The van der Waals surface area contributed by atoms with Crippen LogP contribution >= 0.6 is 35.0 Å². The highest BCUT2D eigenvalue weighted by Crippen LogP contribution is 2.53. The Balaban J connectivity index is 2.03. The fourth-order valence-corrected chi connectivity index (χ4v) is 2.85. The number of para-hydroxylation sites is 1. The predicted molar refractivity (Wildman–Crippen MR) is 74.4 cm³/mol. The topological polar surface area (TPSA) is 29.1 Å². The van der Waals surface area contributed by atoms with Crippen LogP contribution in [0.25, 0.3) is 0 Å². The van der Waals surface area contributed by atoms with Crippen molar-refractivity contribution in [2.75, 3.05) is 11.1 Å². The van der Waals surface area contributed by atoms with Crippen LogP contribution in [0.4, 0.5) is 18.9 Å². The number of thioether (sulfide) groups is 1. The number of carbonyl (C=O) groups is 1. The van der Waals surface area contributed by atoms with Crippen molar-refractivity contribution in [3.8, 4) is 0 Å². The Kier molecular flexibility index (Phi) is 4.47. The van der Waals surface area contributed by atoms with Gasteiger partial charge in [-0.05, 0) is 18.6 Å². The van der Waals surface area contributed by atoms with Gasteiger partial charge in [0.25, 0.3) is 0 Å². The minimum absolute atomic E-state index is 0.336. The van der Waals surface area contributed by atoms with Gasteiger partial charge in [0.05, 0.1) is 17.4 Å². The molecule has 110 valence electrons. The Morgan fingerprint density at radius 1 is 1.40 bits per heavy atom. The monoisotopic (exact) mass is 343 g/mol. The Labute approximate surface area is 128 Å². The van der Waals surface area contributed by atoms with Gasteiger partial charge in [-0.15, -0.1) is 35.0 Å². The molecule has 1 aromatic rings. The molecule has 1 aromatic carbocycles. The lowest BCUT2D eigenvalue weighted by Crippen LogP contribution is -2.17. The molecular formula is C12H10Cl2F3NOS. The minimum atomic E-state index is -4.26. The fraction of sp³-hybridized carbons (Fsp3) is 0.417. The molecule has 0 radical (unpaired) electrons. The summed E-state index contributed by atoms with van der Waals surface area (Å²) in [4.78, 5) is 12.2. The molecule has 8 heteroatoms. The van der Waals surface area contributed by atoms with Gasteiger partial charge in [-0.1, -0.05) is 12.1 Å². The van der Waals surface area contributed by atoms with Crippen LogP contribution in [0.2, 0.25) is 0 Å². The molecule has 2 nitrogen and oxygen atoms in total. The van der Waals surface area contributed by atoms with E-state index >= 15 is 0 Å². The van der Waals surface area contributed by atoms with Gasteiger partial charge in [0.1, 0.15) is 4.33 Å². The van der Waals surface area contributed by atoms with E-state index in [1.54, 1.807) is 18.2 Å². The van der Waals surface area contributed by atoms with E-state index in [0.29, 0.717) is 28.8 Å². The first kappa shape index (κ1) is 15.8. The van der Waals surface area contributed by atoms with Gasteiger partial charge in [-0.3, -0.25) is 4.79 Å². The average Bonchev–Trinajstić information content (AvgIpc) is 2.96. The first-order chi connectivity index (χ1) is 9.19. The molecule has 20 heavy (non-hydrogen) atoms. The summed E-state index contributed by atoms with van der Waals surface area (Å²) < 4.78 is 35.6. The summed E-state index contributed by atoms with van der Waals surface area (Å²) in [6.45, 7) is 0. The molecule has 1 aliphatic rings. The van der Waals surface area contributed by atoms with Crippen molar-refractivity contribution in [2.45, 2.75) is 21.8 Å². The van der Waals surface area contributed by atoms with Crippen LogP contribution in [-0.4, -0.2) is 22.2 Å². The van der Waals surface area contributed by atoms with Gasteiger partial charge in [0.15, 0.2) is 0 Å². The van der Waals surface area contributed by atoms with Crippen molar-refractivity contribution < 1.29 is 18.0 Å². The lowest BCUT2D eigenvalue weighted by molar-refractivity contribution is -0.117. The van der Waals surface area contributed by atoms with Crippen molar-refractivity contribution in [3.63, 3.8) is 0 Å². The molecule has 1 unspecified atom stereocenters. The molecule has 1 N–H and O–H groups in total. The maximum atomic E-state index is 12.2. The third-order valence-corrected chi connectivity index (χ3v) is 4.65. The average molecular weight is 344 g/mol. The van der Waals surface area contributed by atoms with Gasteiger partial charge in [-0.2, -0.15) is 13.2 Å². The van der Waals surface area contributed by atoms with E-state index in [1.807, 2.05) is 0 Å². The number of hydrogen-bond acceptors (Lipinski definition) is 2. The number of alkyl halides is 5. The smallest absolute Gasteiger partial charge is 0.325 e. The van der Waals surface area contributed by atoms with Gasteiger partial charge in [0.2, 0.25) is 5.91 Å². The van der Waals surface area contributed by atoms with Crippen molar-refractivity contribution in [1.29, 1.82) is 0 Å². The van der Waals surface area contributed by atoms with E-state index in [4.69, 9.17) is 23.2 Å². The molecule has 0 bridgehead atoms. The Morgan fingerprint density at radius 2 is 2.00 bits per heavy atom. The van der Waals surface area contributed by atoms with E-state index in [9.17, 15) is 18.0 Å². The zero-order valence-electron chi connectivity index (χ0n) is 10.0. The van der Waals surface area contributed by atoms with Gasteiger partial charge in [0, 0.05) is 4.90 Å². The number of nitrogens with one attached hydrogen (secondary N) is 1. The zero-order chi connectivity index (χ0) is 15.0. The number of rotatable bonds is 4. The molecule has 1 aliphatic carbocycles. The normalized spacial score (nSPS) is 20.6. The van der Waals surface area contributed by atoms with Crippen LogP contribution in [0.1, 0.15) is 6.42 Å². The minimum Gasteiger partial charge on any atom is -0.325 e. The second-order valence-electron chi connectivity index (χ2n) is 4.41.